The monoisotopic (exact) mass is 259 g/mol. The Labute approximate surface area is 114 Å². The first-order chi connectivity index (χ1) is 8.76. The number of rotatable bonds is 1. The lowest BCUT2D eigenvalue weighted by Crippen LogP contribution is -2.46. The smallest absolute Gasteiger partial charge is 0.256 e. The number of aliphatic imine (C=N–C) groups is 1. The van der Waals surface area contributed by atoms with Crippen LogP contribution in [-0.2, 0) is 4.79 Å². The Kier molecular flexibility index (Phi) is 3.35. The lowest BCUT2D eigenvalue weighted by molar-refractivity contribution is -0.120. The number of hydrogen-bond donors (Lipinski definition) is 2. The summed E-state index contributed by atoms with van der Waals surface area (Å²) in [5.41, 5.74) is 3.08. The van der Waals surface area contributed by atoms with Crippen LogP contribution in [0.2, 0.25) is 0 Å². The van der Waals surface area contributed by atoms with Crippen molar-refractivity contribution in [1.82, 2.24) is 10.6 Å². The van der Waals surface area contributed by atoms with E-state index in [-0.39, 0.29) is 11.4 Å². The third-order valence-corrected chi connectivity index (χ3v) is 2.97. The van der Waals surface area contributed by atoms with Crippen LogP contribution >= 0.6 is 0 Å². The van der Waals surface area contributed by atoms with E-state index in [0.717, 1.165) is 16.7 Å². The van der Waals surface area contributed by atoms with E-state index >= 15 is 0 Å². The fraction of sp³-hybridized carbons (Fsp3) is 0.467. The molecule has 1 unspecified atom stereocenters. The van der Waals surface area contributed by atoms with Crippen LogP contribution in [0.4, 0.5) is 0 Å². The molecule has 4 heteroatoms. The van der Waals surface area contributed by atoms with Crippen molar-refractivity contribution in [1.29, 1.82) is 0 Å². The van der Waals surface area contributed by atoms with Crippen molar-refractivity contribution in [3.05, 3.63) is 34.9 Å². The van der Waals surface area contributed by atoms with Crippen molar-refractivity contribution in [3.63, 3.8) is 0 Å². The van der Waals surface area contributed by atoms with E-state index in [0.29, 0.717) is 5.96 Å². The van der Waals surface area contributed by atoms with Gasteiger partial charge in [0.1, 0.15) is 0 Å². The van der Waals surface area contributed by atoms with Crippen molar-refractivity contribution in [2.24, 2.45) is 4.99 Å². The van der Waals surface area contributed by atoms with Crippen molar-refractivity contribution in [2.45, 2.75) is 46.2 Å². The second-order valence-electron chi connectivity index (χ2n) is 6.10. The molecule has 1 aromatic carbocycles. The molecule has 19 heavy (non-hydrogen) atoms. The second-order valence-corrected chi connectivity index (χ2v) is 6.10. The standard InChI is InChI=1S/C15H21N3O/c1-9-6-7-10(2)11(8-9)12-13(19)17-14(16-12)18-15(3,4)5/h6-8,12H,1-5H3,(H2,16,17,18,19). The highest BCUT2D eigenvalue weighted by Crippen LogP contribution is 2.25. The van der Waals surface area contributed by atoms with Crippen LogP contribution in [0.1, 0.15) is 43.5 Å². The Morgan fingerprint density at radius 1 is 1.26 bits per heavy atom. The van der Waals surface area contributed by atoms with Gasteiger partial charge in [-0.2, -0.15) is 0 Å². The second kappa shape index (κ2) is 4.68. The minimum atomic E-state index is -0.440. The van der Waals surface area contributed by atoms with Gasteiger partial charge in [-0.15, -0.1) is 0 Å². The molecule has 1 aliphatic heterocycles. The number of nitrogens with zero attached hydrogens (tertiary/aromatic N) is 1. The van der Waals surface area contributed by atoms with E-state index in [1.165, 1.54) is 0 Å². The molecule has 1 heterocycles. The van der Waals surface area contributed by atoms with Crippen LogP contribution < -0.4 is 10.6 Å². The third kappa shape index (κ3) is 3.13. The Morgan fingerprint density at radius 2 is 1.95 bits per heavy atom. The summed E-state index contributed by atoms with van der Waals surface area (Å²) in [5.74, 6) is 0.490. The molecule has 102 valence electrons. The van der Waals surface area contributed by atoms with Gasteiger partial charge < -0.3 is 5.32 Å². The molecule has 4 nitrogen and oxygen atoms in total. The van der Waals surface area contributed by atoms with Gasteiger partial charge in [0.05, 0.1) is 0 Å². The molecular formula is C15H21N3O. The van der Waals surface area contributed by atoms with Gasteiger partial charge in [-0.25, -0.2) is 4.99 Å². The fourth-order valence-electron chi connectivity index (χ4n) is 2.09. The van der Waals surface area contributed by atoms with Crippen LogP contribution in [-0.4, -0.2) is 17.4 Å². The summed E-state index contributed by atoms with van der Waals surface area (Å²) in [6.07, 6.45) is 0. The van der Waals surface area contributed by atoms with Gasteiger partial charge in [0, 0.05) is 5.54 Å². The molecule has 0 aliphatic carbocycles. The molecule has 0 saturated carbocycles. The Bertz CT molecular complexity index is 541. The van der Waals surface area contributed by atoms with E-state index in [1.54, 1.807) is 0 Å². The third-order valence-electron chi connectivity index (χ3n) is 2.97. The zero-order valence-electron chi connectivity index (χ0n) is 12.2. The molecule has 0 radical (unpaired) electrons. The van der Waals surface area contributed by atoms with Crippen molar-refractivity contribution < 1.29 is 4.79 Å². The molecule has 2 rings (SSSR count). The number of carbonyl (C=O) groups excluding carboxylic acids is 1. The Morgan fingerprint density at radius 3 is 2.58 bits per heavy atom. The lowest BCUT2D eigenvalue weighted by Gasteiger charge is -2.21. The van der Waals surface area contributed by atoms with E-state index < -0.39 is 6.04 Å². The number of amides is 1. The van der Waals surface area contributed by atoms with Crippen LogP contribution in [0, 0.1) is 13.8 Å². The Hall–Kier alpha value is -1.84. The average molecular weight is 259 g/mol. The summed E-state index contributed by atoms with van der Waals surface area (Å²) >= 11 is 0. The van der Waals surface area contributed by atoms with E-state index in [4.69, 9.17) is 0 Å². The van der Waals surface area contributed by atoms with Gasteiger partial charge in [-0.3, -0.25) is 10.1 Å². The number of aryl methyl sites for hydroxylation is 2. The molecule has 1 amide bonds. The largest absolute Gasteiger partial charge is 0.351 e. The van der Waals surface area contributed by atoms with Gasteiger partial charge >= 0.3 is 0 Å². The summed E-state index contributed by atoms with van der Waals surface area (Å²) in [5, 5.41) is 6.01. The highest BCUT2D eigenvalue weighted by molar-refractivity contribution is 6.05. The van der Waals surface area contributed by atoms with Crippen molar-refractivity contribution in [2.75, 3.05) is 0 Å². The summed E-state index contributed by atoms with van der Waals surface area (Å²) in [6.45, 7) is 10.1. The summed E-state index contributed by atoms with van der Waals surface area (Å²) < 4.78 is 0. The maximum Gasteiger partial charge on any atom is 0.256 e. The number of benzene rings is 1. The SMILES string of the molecule is Cc1ccc(C)c(C2N=C(NC(C)(C)C)NC2=O)c1. The summed E-state index contributed by atoms with van der Waals surface area (Å²) in [6, 6.07) is 5.67. The number of nitrogens with one attached hydrogen (secondary N) is 2. The molecule has 0 aromatic heterocycles. The summed E-state index contributed by atoms with van der Waals surface area (Å²) in [7, 11) is 0. The predicted molar refractivity (Wildman–Crippen MR) is 77.1 cm³/mol. The molecule has 1 aliphatic rings. The van der Waals surface area contributed by atoms with Gasteiger partial charge in [0.25, 0.3) is 5.91 Å². The van der Waals surface area contributed by atoms with Crippen molar-refractivity contribution >= 4 is 11.9 Å². The van der Waals surface area contributed by atoms with Gasteiger partial charge in [0.15, 0.2) is 12.0 Å². The average Bonchev–Trinajstić information content (AvgIpc) is 2.60. The zero-order valence-corrected chi connectivity index (χ0v) is 12.2. The normalized spacial score (nSPS) is 19.1. The minimum Gasteiger partial charge on any atom is -0.351 e. The molecule has 0 fully saturated rings. The van der Waals surface area contributed by atoms with E-state index in [2.05, 4.69) is 15.6 Å². The van der Waals surface area contributed by atoms with Crippen molar-refractivity contribution in [3.8, 4) is 0 Å². The molecule has 2 N–H and O–H groups in total. The first kappa shape index (κ1) is 13.6. The van der Waals surface area contributed by atoms with Crippen LogP contribution in [0.15, 0.2) is 23.2 Å². The van der Waals surface area contributed by atoms with Crippen LogP contribution in [0.25, 0.3) is 0 Å². The van der Waals surface area contributed by atoms with Gasteiger partial charge in [0.2, 0.25) is 0 Å². The highest BCUT2D eigenvalue weighted by atomic mass is 16.2. The van der Waals surface area contributed by atoms with E-state index in [1.807, 2.05) is 52.8 Å². The lowest BCUT2D eigenvalue weighted by atomic mass is 9.99. The summed E-state index contributed by atoms with van der Waals surface area (Å²) in [4.78, 5) is 16.5. The zero-order chi connectivity index (χ0) is 14.2. The van der Waals surface area contributed by atoms with Crippen LogP contribution in [0.3, 0.4) is 0 Å². The minimum absolute atomic E-state index is 0.0690. The molecule has 0 bridgehead atoms. The van der Waals surface area contributed by atoms with E-state index in [9.17, 15) is 4.79 Å². The maximum absolute atomic E-state index is 12.1. The number of hydrogen-bond acceptors (Lipinski definition) is 3. The number of guanidine groups is 1. The quantitative estimate of drug-likeness (QED) is 0.812. The molecular weight excluding hydrogens is 238 g/mol. The predicted octanol–water partition coefficient (Wildman–Crippen LogP) is 2.22. The Balaban J connectivity index is 2.30. The maximum atomic E-state index is 12.1. The van der Waals surface area contributed by atoms with Gasteiger partial charge in [-0.1, -0.05) is 23.8 Å². The molecule has 1 atom stereocenters. The number of carbonyl (C=O) groups is 1. The fourth-order valence-corrected chi connectivity index (χ4v) is 2.09. The van der Waals surface area contributed by atoms with Crippen LogP contribution in [0.5, 0.6) is 0 Å². The molecule has 0 saturated heterocycles. The highest BCUT2D eigenvalue weighted by Gasteiger charge is 2.30. The first-order valence-corrected chi connectivity index (χ1v) is 6.50. The molecule has 0 spiro atoms. The first-order valence-electron chi connectivity index (χ1n) is 6.50. The van der Waals surface area contributed by atoms with Gasteiger partial charge in [-0.05, 0) is 45.7 Å². The molecule has 1 aromatic rings. The topological polar surface area (TPSA) is 53.5 Å².